The van der Waals surface area contributed by atoms with Gasteiger partial charge in [0.1, 0.15) is 16.1 Å². The van der Waals surface area contributed by atoms with Gasteiger partial charge in [-0.15, -0.1) is 0 Å². The first-order chi connectivity index (χ1) is 11.4. The minimum Gasteiger partial charge on any atom is -0.488 e. The molecular weight excluding hydrogens is 339 g/mol. The third-order valence-electron chi connectivity index (χ3n) is 5.16. The topological polar surface area (TPSA) is 94.5 Å². The van der Waals surface area contributed by atoms with Crippen molar-refractivity contribution in [3.05, 3.63) is 32.8 Å². The number of anilines is 1. The zero-order valence-corrected chi connectivity index (χ0v) is 13.3. The standard InChI is InChI=1S/C16H14ClFN2O4/c17-9-10(18)14-12-8(11(9)19)13(21)7(15(22)23)6-20(12)16(2-1-3-16)4-5-24-14/h6H,1-5,19H2,(H,22,23). The maximum absolute atomic E-state index is 14.6. The number of fused-ring (bicyclic) bond motifs is 1. The Labute approximate surface area is 140 Å². The normalized spacial score (nSPS) is 18.1. The quantitative estimate of drug-likeness (QED) is 0.769. The monoisotopic (exact) mass is 352 g/mol. The Morgan fingerprint density at radius 2 is 2.12 bits per heavy atom. The lowest BCUT2D eigenvalue weighted by Gasteiger charge is -2.43. The predicted octanol–water partition coefficient (Wildman–Crippen LogP) is 2.74. The van der Waals surface area contributed by atoms with E-state index in [1.807, 2.05) is 0 Å². The Balaban J connectivity index is 2.27. The fraction of sp³-hybridized carbons (Fsp3) is 0.375. The van der Waals surface area contributed by atoms with E-state index in [0.717, 1.165) is 19.3 Å². The van der Waals surface area contributed by atoms with E-state index in [-0.39, 0.29) is 34.5 Å². The molecule has 1 saturated carbocycles. The van der Waals surface area contributed by atoms with Crippen LogP contribution >= 0.6 is 11.6 Å². The summed E-state index contributed by atoms with van der Waals surface area (Å²) in [4.78, 5) is 24.1. The van der Waals surface area contributed by atoms with Crippen molar-refractivity contribution in [3.63, 3.8) is 0 Å². The van der Waals surface area contributed by atoms with Gasteiger partial charge >= 0.3 is 5.97 Å². The molecule has 126 valence electrons. The van der Waals surface area contributed by atoms with Crippen molar-refractivity contribution in [1.29, 1.82) is 0 Å². The molecule has 0 unspecified atom stereocenters. The molecule has 0 saturated heterocycles. The molecule has 0 bridgehead atoms. The van der Waals surface area contributed by atoms with Crippen LogP contribution in [0.1, 0.15) is 36.0 Å². The van der Waals surface area contributed by atoms with Crippen LogP contribution in [0.4, 0.5) is 10.1 Å². The summed E-state index contributed by atoms with van der Waals surface area (Å²) in [6, 6.07) is 0. The Morgan fingerprint density at radius 1 is 1.42 bits per heavy atom. The molecule has 3 N–H and O–H groups in total. The Morgan fingerprint density at radius 3 is 2.71 bits per heavy atom. The van der Waals surface area contributed by atoms with Crippen molar-refractivity contribution >= 4 is 34.2 Å². The van der Waals surface area contributed by atoms with Gasteiger partial charge in [0.25, 0.3) is 0 Å². The van der Waals surface area contributed by atoms with Gasteiger partial charge in [-0.3, -0.25) is 4.79 Å². The highest BCUT2D eigenvalue weighted by Crippen LogP contribution is 2.49. The molecule has 0 radical (unpaired) electrons. The van der Waals surface area contributed by atoms with Crippen LogP contribution in [-0.2, 0) is 5.54 Å². The molecular formula is C16H14ClFN2O4. The Kier molecular flexibility index (Phi) is 3.09. The number of aromatic carboxylic acids is 1. The number of benzene rings is 1. The number of aromatic nitrogens is 1. The number of nitrogen functional groups attached to an aromatic ring is 1. The van der Waals surface area contributed by atoms with Crippen LogP contribution in [0.15, 0.2) is 11.0 Å². The molecule has 1 aliphatic carbocycles. The first kappa shape index (κ1) is 15.3. The number of nitrogens with two attached hydrogens (primary N) is 1. The smallest absolute Gasteiger partial charge is 0.341 e. The Bertz CT molecular complexity index is 965. The Hall–Kier alpha value is -2.28. The van der Waals surface area contributed by atoms with Crippen LogP contribution in [0.5, 0.6) is 5.75 Å². The van der Waals surface area contributed by atoms with E-state index >= 15 is 0 Å². The van der Waals surface area contributed by atoms with E-state index in [0.29, 0.717) is 6.42 Å². The number of halogens is 2. The van der Waals surface area contributed by atoms with Gasteiger partial charge in [0.15, 0.2) is 11.6 Å². The third-order valence-corrected chi connectivity index (χ3v) is 5.53. The highest BCUT2D eigenvalue weighted by atomic mass is 35.5. The first-order valence-corrected chi connectivity index (χ1v) is 7.97. The molecule has 1 aliphatic heterocycles. The van der Waals surface area contributed by atoms with Gasteiger partial charge in [0.05, 0.1) is 17.7 Å². The van der Waals surface area contributed by atoms with Gasteiger partial charge in [-0.25, -0.2) is 9.18 Å². The van der Waals surface area contributed by atoms with Crippen molar-refractivity contribution in [2.45, 2.75) is 31.2 Å². The zero-order valence-electron chi connectivity index (χ0n) is 12.6. The van der Waals surface area contributed by atoms with E-state index in [1.165, 1.54) is 6.20 Å². The van der Waals surface area contributed by atoms with Crippen molar-refractivity contribution in [1.82, 2.24) is 4.57 Å². The van der Waals surface area contributed by atoms with Crippen LogP contribution in [0.3, 0.4) is 0 Å². The molecule has 24 heavy (non-hydrogen) atoms. The van der Waals surface area contributed by atoms with Gasteiger partial charge in [-0.05, 0) is 19.3 Å². The highest BCUT2D eigenvalue weighted by molar-refractivity contribution is 6.35. The van der Waals surface area contributed by atoms with Gasteiger partial charge in [-0.2, -0.15) is 0 Å². The average molecular weight is 353 g/mol. The number of carboxylic acids is 1. The second kappa shape index (κ2) is 4.86. The molecule has 2 aliphatic rings. The summed E-state index contributed by atoms with van der Waals surface area (Å²) < 4.78 is 21.8. The van der Waals surface area contributed by atoms with Crippen molar-refractivity contribution in [3.8, 4) is 5.75 Å². The number of ether oxygens (including phenoxy) is 1. The van der Waals surface area contributed by atoms with Crippen molar-refractivity contribution in [2.75, 3.05) is 12.3 Å². The lowest BCUT2D eigenvalue weighted by atomic mass is 9.74. The summed E-state index contributed by atoms with van der Waals surface area (Å²) in [5.41, 5.74) is 4.24. The van der Waals surface area contributed by atoms with E-state index < -0.39 is 27.8 Å². The fourth-order valence-electron chi connectivity index (χ4n) is 3.72. The largest absolute Gasteiger partial charge is 0.488 e. The summed E-state index contributed by atoms with van der Waals surface area (Å²) in [7, 11) is 0. The third kappa shape index (κ3) is 1.76. The van der Waals surface area contributed by atoms with Crippen LogP contribution < -0.4 is 15.9 Å². The lowest BCUT2D eigenvalue weighted by molar-refractivity contribution is 0.0691. The lowest BCUT2D eigenvalue weighted by Crippen LogP contribution is -2.42. The van der Waals surface area contributed by atoms with Gasteiger partial charge in [0, 0.05) is 18.2 Å². The maximum atomic E-state index is 14.6. The molecule has 1 spiro atoms. The number of hydrogen-bond donors (Lipinski definition) is 2. The van der Waals surface area contributed by atoms with Crippen molar-refractivity contribution < 1.29 is 19.0 Å². The molecule has 1 fully saturated rings. The van der Waals surface area contributed by atoms with Crippen LogP contribution in [0.25, 0.3) is 10.9 Å². The number of carboxylic acid groups (broad SMARTS) is 1. The average Bonchev–Trinajstić information content (AvgIpc) is 2.67. The van der Waals surface area contributed by atoms with E-state index in [1.54, 1.807) is 4.57 Å². The molecule has 2 aromatic rings. The van der Waals surface area contributed by atoms with Gasteiger partial charge in [0.2, 0.25) is 5.43 Å². The minimum atomic E-state index is -1.35. The fourth-order valence-corrected chi connectivity index (χ4v) is 3.90. The van der Waals surface area contributed by atoms with Gasteiger partial charge < -0.3 is 20.1 Å². The van der Waals surface area contributed by atoms with E-state index in [9.17, 15) is 19.1 Å². The molecule has 1 aromatic carbocycles. The zero-order chi connectivity index (χ0) is 17.2. The molecule has 0 amide bonds. The second-order valence-electron chi connectivity index (χ2n) is 6.32. The SMILES string of the molecule is Nc1c(Cl)c(F)c2c3c1c(=O)c(C(=O)O)cn3C1(CCC1)CCO2. The molecule has 4 rings (SSSR count). The number of pyridine rings is 1. The molecule has 1 aromatic heterocycles. The first-order valence-electron chi connectivity index (χ1n) is 7.60. The summed E-state index contributed by atoms with van der Waals surface area (Å²) >= 11 is 5.92. The molecule has 8 heteroatoms. The number of nitrogens with zero attached hydrogens (tertiary/aromatic N) is 1. The van der Waals surface area contributed by atoms with Crippen molar-refractivity contribution in [2.24, 2.45) is 0 Å². The van der Waals surface area contributed by atoms with E-state index in [2.05, 4.69) is 0 Å². The summed E-state index contributed by atoms with van der Waals surface area (Å²) in [5, 5.41) is 8.87. The summed E-state index contributed by atoms with van der Waals surface area (Å²) in [5.74, 6) is -2.32. The maximum Gasteiger partial charge on any atom is 0.341 e. The number of carbonyl (C=O) groups is 1. The minimum absolute atomic E-state index is 0.0931. The van der Waals surface area contributed by atoms with Gasteiger partial charge in [-0.1, -0.05) is 11.6 Å². The summed E-state index contributed by atoms with van der Waals surface area (Å²) in [6.45, 7) is 0.255. The highest BCUT2D eigenvalue weighted by Gasteiger charge is 2.42. The number of rotatable bonds is 1. The molecule has 2 heterocycles. The molecule has 0 atom stereocenters. The summed E-state index contributed by atoms with van der Waals surface area (Å²) in [6.07, 6.45) is 4.46. The number of hydrogen-bond acceptors (Lipinski definition) is 4. The van der Waals surface area contributed by atoms with Crippen LogP contribution in [0, 0.1) is 5.82 Å². The van der Waals surface area contributed by atoms with Crippen LogP contribution in [0.2, 0.25) is 5.02 Å². The predicted molar refractivity (Wildman–Crippen MR) is 86.5 cm³/mol. The van der Waals surface area contributed by atoms with Crippen LogP contribution in [-0.4, -0.2) is 22.2 Å². The second-order valence-corrected chi connectivity index (χ2v) is 6.70. The van der Waals surface area contributed by atoms with E-state index in [4.69, 9.17) is 22.1 Å². The molecule has 6 nitrogen and oxygen atoms in total.